The molecule has 1 aromatic rings. The Hall–Kier alpha value is -0.580. The van der Waals surface area contributed by atoms with Crippen LogP contribution < -0.4 is 11.1 Å². The number of hydrogen-bond donors (Lipinski definition) is 2. The second-order valence-electron chi connectivity index (χ2n) is 3.54. The van der Waals surface area contributed by atoms with E-state index in [2.05, 4.69) is 21.2 Å². The first-order valence-corrected chi connectivity index (χ1v) is 5.62. The average Bonchev–Trinajstić information content (AvgIpc) is 2.18. The number of hydrogen-bond acceptors (Lipinski definition) is 2. The fourth-order valence-corrected chi connectivity index (χ4v) is 1.88. The Labute approximate surface area is 110 Å². The molecule has 90 valence electrons. The van der Waals surface area contributed by atoms with Gasteiger partial charge >= 0.3 is 0 Å². The molecule has 3 N–H and O–H groups in total. The third-order valence-electron chi connectivity index (χ3n) is 2.14. The Morgan fingerprint density at radius 3 is 2.44 bits per heavy atom. The van der Waals surface area contributed by atoms with Crippen LogP contribution in [0.5, 0.6) is 0 Å². The van der Waals surface area contributed by atoms with E-state index < -0.39 is 6.04 Å². The van der Waals surface area contributed by atoms with Crippen LogP contribution in [0.25, 0.3) is 0 Å². The minimum atomic E-state index is -0.477. The molecule has 1 unspecified atom stereocenters. The Morgan fingerprint density at radius 2 is 1.94 bits per heavy atom. The van der Waals surface area contributed by atoms with Crippen molar-refractivity contribution in [1.29, 1.82) is 0 Å². The van der Waals surface area contributed by atoms with Gasteiger partial charge in [-0.15, -0.1) is 12.4 Å². The number of nitrogens with one attached hydrogen (secondary N) is 1. The van der Waals surface area contributed by atoms with Crippen LogP contribution in [0.3, 0.4) is 0 Å². The molecule has 0 radical (unpaired) electrons. The van der Waals surface area contributed by atoms with Gasteiger partial charge in [-0.3, -0.25) is 4.79 Å². The zero-order chi connectivity index (χ0) is 11.4. The summed E-state index contributed by atoms with van der Waals surface area (Å²) < 4.78 is 0.988. The quantitative estimate of drug-likeness (QED) is 0.901. The van der Waals surface area contributed by atoms with Gasteiger partial charge in [0.2, 0.25) is 5.91 Å². The van der Waals surface area contributed by atoms with E-state index in [9.17, 15) is 4.79 Å². The summed E-state index contributed by atoms with van der Waals surface area (Å²) >= 11 is 3.44. The minimum Gasteiger partial charge on any atom is -0.348 e. The molecule has 0 fully saturated rings. The lowest BCUT2D eigenvalue weighted by Gasteiger charge is -2.17. The van der Waals surface area contributed by atoms with Crippen molar-refractivity contribution < 1.29 is 4.79 Å². The maximum absolute atomic E-state index is 11.4. The minimum absolute atomic E-state index is 0. The summed E-state index contributed by atoms with van der Waals surface area (Å²) in [7, 11) is 0. The molecule has 0 aliphatic carbocycles. The van der Waals surface area contributed by atoms with E-state index in [0.29, 0.717) is 0 Å². The first-order valence-electron chi connectivity index (χ1n) is 4.82. The van der Waals surface area contributed by atoms with E-state index in [1.807, 2.05) is 31.2 Å². The molecule has 1 rings (SSSR count). The zero-order valence-corrected chi connectivity index (χ0v) is 11.6. The van der Waals surface area contributed by atoms with Crippen molar-refractivity contribution in [3.05, 3.63) is 34.3 Å². The van der Waals surface area contributed by atoms with Crippen molar-refractivity contribution in [1.82, 2.24) is 5.32 Å². The summed E-state index contributed by atoms with van der Waals surface area (Å²) in [5.74, 6) is -0.141. The number of benzene rings is 1. The predicted molar refractivity (Wildman–Crippen MR) is 71.6 cm³/mol. The van der Waals surface area contributed by atoms with E-state index in [4.69, 9.17) is 5.73 Å². The monoisotopic (exact) mass is 306 g/mol. The fourth-order valence-electron chi connectivity index (χ4n) is 1.25. The lowest BCUT2D eigenvalue weighted by atomic mass is 10.1. The highest BCUT2D eigenvalue weighted by atomic mass is 79.9. The molecule has 3 nitrogen and oxygen atoms in total. The highest BCUT2D eigenvalue weighted by Gasteiger charge is 2.13. The Kier molecular flexibility index (Phi) is 6.64. The molecule has 2 atom stereocenters. The standard InChI is InChI=1S/C11H15BrN2O.ClH/c1-7(13)11(15)14-8(2)9-5-3-4-6-10(9)12;/h3-8H,13H2,1-2H3,(H,14,15);1H/t7-,8?;/m1./s1. The molecule has 0 aliphatic heterocycles. The van der Waals surface area contributed by atoms with Crippen LogP contribution >= 0.6 is 28.3 Å². The van der Waals surface area contributed by atoms with E-state index in [-0.39, 0.29) is 24.4 Å². The summed E-state index contributed by atoms with van der Waals surface area (Å²) in [6.07, 6.45) is 0. The first kappa shape index (κ1) is 15.4. The Bertz CT molecular complexity index is 358. The molecule has 1 amide bonds. The number of carbonyl (C=O) groups excluding carboxylic acids is 1. The van der Waals surface area contributed by atoms with Gasteiger partial charge in [-0.25, -0.2) is 0 Å². The van der Waals surface area contributed by atoms with Crippen molar-refractivity contribution in [2.45, 2.75) is 25.9 Å². The van der Waals surface area contributed by atoms with Gasteiger partial charge in [-0.2, -0.15) is 0 Å². The molecule has 0 saturated heterocycles. The van der Waals surface area contributed by atoms with Crippen molar-refractivity contribution in [2.75, 3.05) is 0 Å². The Balaban J connectivity index is 0.00000225. The lowest BCUT2D eigenvalue weighted by molar-refractivity contribution is -0.122. The molecule has 0 spiro atoms. The summed E-state index contributed by atoms with van der Waals surface area (Å²) in [5, 5.41) is 2.84. The topological polar surface area (TPSA) is 55.1 Å². The van der Waals surface area contributed by atoms with Crippen molar-refractivity contribution in [2.24, 2.45) is 5.73 Å². The first-order chi connectivity index (χ1) is 7.02. The molecule has 16 heavy (non-hydrogen) atoms. The van der Waals surface area contributed by atoms with E-state index in [1.54, 1.807) is 6.92 Å². The number of carbonyl (C=O) groups is 1. The molecule has 0 aromatic heterocycles. The predicted octanol–water partition coefficient (Wildman–Crippen LogP) is 2.40. The summed E-state index contributed by atoms with van der Waals surface area (Å²) in [4.78, 5) is 11.4. The summed E-state index contributed by atoms with van der Waals surface area (Å²) in [6.45, 7) is 3.60. The maximum Gasteiger partial charge on any atom is 0.237 e. The molecular weight excluding hydrogens is 291 g/mol. The number of rotatable bonds is 3. The van der Waals surface area contributed by atoms with Crippen LogP contribution in [-0.2, 0) is 4.79 Å². The Morgan fingerprint density at radius 1 is 1.38 bits per heavy atom. The SMILES string of the molecule is CC(NC(=O)[C@@H](C)N)c1ccccc1Br.Cl. The van der Waals surface area contributed by atoms with Gasteiger partial charge in [0.15, 0.2) is 0 Å². The highest BCUT2D eigenvalue weighted by Crippen LogP contribution is 2.22. The summed E-state index contributed by atoms with van der Waals surface area (Å²) in [5.41, 5.74) is 6.52. The smallest absolute Gasteiger partial charge is 0.237 e. The fraction of sp³-hybridized carbons (Fsp3) is 0.364. The van der Waals surface area contributed by atoms with Crippen LogP contribution in [0, 0.1) is 0 Å². The molecule has 0 aliphatic rings. The number of amides is 1. The largest absolute Gasteiger partial charge is 0.348 e. The molecule has 1 aromatic carbocycles. The normalized spacial score (nSPS) is 13.5. The van der Waals surface area contributed by atoms with Crippen molar-refractivity contribution in [3.63, 3.8) is 0 Å². The zero-order valence-electron chi connectivity index (χ0n) is 9.24. The van der Waals surface area contributed by atoms with Crippen LogP contribution in [0.2, 0.25) is 0 Å². The van der Waals surface area contributed by atoms with Crippen LogP contribution in [0.4, 0.5) is 0 Å². The van der Waals surface area contributed by atoms with Crippen LogP contribution in [-0.4, -0.2) is 11.9 Å². The van der Waals surface area contributed by atoms with E-state index in [1.165, 1.54) is 0 Å². The maximum atomic E-state index is 11.4. The highest BCUT2D eigenvalue weighted by molar-refractivity contribution is 9.10. The number of halogens is 2. The second kappa shape index (κ2) is 6.89. The van der Waals surface area contributed by atoms with Gasteiger partial charge in [0.25, 0.3) is 0 Å². The molecule has 0 bridgehead atoms. The molecule has 5 heteroatoms. The van der Waals surface area contributed by atoms with Crippen LogP contribution in [0.15, 0.2) is 28.7 Å². The van der Waals surface area contributed by atoms with Crippen LogP contribution in [0.1, 0.15) is 25.5 Å². The van der Waals surface area contributed by atoms with Crippen molar-refractivity contribution in [3.8, 4) is 0 Å². The van der Waals surface area contributed by atoms with Gasteiger partial charge in [-0.1, -0.05) is 34.1 Å². The molecule has 0 heterocycles. The average molecular weight is 308 g/mol. The molecule has 0 saturated carbocycles. The van der Waals surface area contributed by atoms with Gasteiger partial charge in [-0.05, 0) is 25.5 Å². The second-order valence-corrected chi connectivity index (χ2v) is 4.39. The van der Waals surface area contributed by atoms with E-state index in [0.717, 1.165) is 10.0 Å². The van der Waals surface area contributed by atoms with E-state index >= 15 is 0 Å². The third kappa shape index (κ3) is 4.12. The third-order valence-corrected chi connectivity index (χ3v) is 2.87. The van der Waals surface area contributed by atoms with Gasteiger partial charge in [0.05, 0.1) is 12.1 Å². The van der Waals surface area contributed by atoms with Gasteiger partial charge in [0.1, 0.15) is 0 Å². The van der Waals surface area contributed by atoms with Gasteiger partial charge < -0.3 is 11.1 Å². The lowest BCUT2D eigenvalue weighted by Crippen LogP contribution is -2.39. The number of nitrogens with two attached hydrogens (primary N) is 1. The summed E-state index contributed by atoms with van der Waals surface area (Å²) in [6, 6.07) is 7.27. The molecular formula is C11H16BrClN2O. The van der Waals surface area contributed by atoms with Gasteiger partial charge in [0, 0.05) is 4.47 Å². The van der Waals surface area contributed by atoms with Crippen molar-refractivity contribution >= 4 is 34.2 Å².